The lowest BCUT2D eigenvalue weighted by atomic mass is 9.99. The number of hydrogen-bond acceptors (Lipinski definition) is 3. The van der Waals surface area contributed by atoms with Gasteiger partial charge in [0.1, 0.15) is 17.2 Å². The molecule has 0 unspecified atom stereocenters. The number of likely N-dealkylation sites (tertiary alicyclic amines) is 1. The minimum absolute atomic E-state index is 0.0616. The van der Waals surface area contributed by atoms with E-state index in [1.807, 2.05) is 59.5 Å². The van der Waals surface area contributed by atoms with E-state index in [2.05, 4.69) is 6.92 Å². The van der Waals surface area contributed by atoms with Gasteiger partial charge in [0.15, 0.2) is 6.61 Å². The van der Waals surface area contributed by atoms with Gasteiger partial charge in [-0.3, -0.25) is 4.79 Å². The summed E-state index contributed by atoms with van der Waals surface area (Å²) in [5.74, 6) is 2.98. The zero-order valence-corrected chi connectivity index (χ0v) is 14.0. The molecule has 1 amide bonds. The van der Waals surface area contributed by atoms with Gasteiger partial charge < -0.3 is 14.4 Å². The van der Waals surface area contributed by atoms with Crippen LogP contribution in [0.15, 0.2) is 54.6 Å². The molecule has 2 aromatic rings. The number of piperidine rings is 1. The van der Waals surface area contributed by atoms with E-state index >= 15 is 0 Å². The van der Waals surface area contributed by atoms with Gasteiger partial charge in [0, 0.05) is 13.1 Å². The molecular weight excluding hydrogens is 302 g/mol. The molecule has 126 valence electrons. The van der Waals surface area contributed by atoms with Gasteiger partial charge in [0.05, 0.1) is 0 Å². The first-order chi connectivity index (χ1) is 11.7. The fourth-order valence-electron chi connectivity index (χ4n) is 2.72. The Morgan fingerprint density at radius 1 is 0.958 bits per heavy atom. The normalized spacial score (nSPS) is 15.1. The largest absolute Gasteiger partial charge is 0.484 e. The SMILES string of the molecule is CC1CCN(C(=O)COc2ccc(Oc3ccccc3)cc2)CC1. The van der Waals surface area contributed by atoms with Crippen LogP contribution in [0, 0.1) is 5.92 Å². The summed E-state index contributed by atoms with van der Waals surface area (Å²) in [4.78, 5) is 14.1. The van der Waals surface area contributed by atoms with Crippen molar-refractivity contribution < 1.29 is 14.3 Å². The molecule has 2 aromatic carbocycles. The Labute approximate surface area is 143 Å². The molecular formula is C20H23NO3. The lowest BCUT2D eigenvalue weighted by Crippen LogP contribution is -2.40. The molecule has 0 aromatic heterocycles. The third-order valence-electron chi connectivity index (χ3n) is 4.30. The molecule has 0 N–H and O–H groups in total. The molecule has 0 atom stereocenters. The summed E-state index contributed by atoms with van der Waals surface area (Å²) in [6, 6.07) is 17.0. The van der Waals surface area contributed by atoms with Crippen molar-refractivity contribution in [3.05, 3.63) is 54.6 Å². The Balaban J connectivity index is 1.48. The van der Waals surface area contributed by atoms with Crippen molar-refractivity contribution in [2.45, 2.75) is 19.8 Å². The Bertz CT molecular complexity index is 646. The van der Waals surface area contributed by atoms with Crippen LogP contribution < -0.4 is 9.47 Å². The topological polar surface area (TPSA) is 38.8 Å². The molecule has 4 nitrogen and oxygen atoms in total. The van der Waals surface area contributed by atoms with Crippen molar-refractivity contribution in [2.75, 3.05) is 19.7 Å². The molecule has 1 aliphatic rings. The molecule has 24 heavy (non-hydrogen) atoms. The van der Waals surface area contributed by atoms with Crippen LogP contribution in [0.2, 0.25) is 0 Å². The lowest BCUT2D eigenvalue weighted by molar-refractivity contribution is -0.134. The smallest absolute Gasteiger partial charge is 0.260 e. The van der Waals surface area contributed by atoms with Crippen LogP contribution in [0.5, 0.6) is 17.2 Å². The number of para-hydroxylation sites is 1. The number of benzene rings is 2. The minimum Gasteiger partial charge on any atom is -0.484 e. The number of carbonyl (C=O) groups excluding carboxylic acids is 1. The van der Waals surface area contributed by atoms with E-state index in [0.717, 1.165) is 37.4 Å². The Morgan fingerprint density at radius 2 is 1.54 bits per heavy atom. The zero-order valence-electron chi connectivity index (χ0n) is 14.0. The summed E-state index contributed by atoms with van der Waals surface area (Å²) in [5.41, 5.74) is 0. The number of rotatable bonds is 5. The van der Waals surface area contributed by atoms with Crippen LogP contribution >= 0.6 is 0 Å². The summed E-state index contributed by atoms with van der Waals surface area (Å²) in [6.07, 6.45) is 2.16. The third kappa shape index (κ3) is 4.51. The maximum atomic E-state index is 12.2. The summed E-state index contributed by atoms with van der Waals surface area (Å²) >= 11 is 0. The quantitative estimate of drug-likeness (QED) is 0.830. The molecule has 1 aliphatic heterocycles. The zero-order chi connectivity index (χ0) is 16.8. The predicted molar refractivity (Wildman–Crippen MR) is 93.4 cm³/mol. The monoisotopic (exact) mass is 325 g/mol. The molecule has 0 saturated carbocycles. The first-order valence-corrected chi connectivity index (χ1v) is 8.44. The van der Waals surface area contributed by atoms with E-state index < -0.39 is 0 Å². The highest BCUT2D eigenvalue weighted by atomic mass is 16.5. The summed E-state index contributed by atoms with van der Waals surface area (Å²) < 4.78 is 11.3. The van der Waals surface area contributed by atoms with E-state index in [1.165, 1.54) is 0 Å². The van der Waals surface area contributed by atoms with Crippen LogP contribution in [0.3, 0.4) is 0 Å². The van der Waals surface area contributed by atoms with Crippen LogP contribution in [-0.4, -0.2) is 30.5 Å². The first kappa shape index (κ1) is 16.4. The molecule has 0 radical (unpaired) electrons. The molecule has 1 fully saturated rings. The molecule has 3 rings (SSSR count). The summed E-state index contributed by atoms with van der Waals surface area (Å²) in [5, 5.41) is 0. The van der Waals surface area contributed by atoms with E-state index in [-0.39, 0.29) is 12.5 Å². The molecule has 1 saturated heterocycles. The Hall–Kier alpha value is -2.49. The van der Waals surface area contributed by atoms with E-state index in [9.17, 15) is 4.79 Å². The van der Waals surface area contributed by atoms with Crippen molar-refractivity contribution in [1.82, 2.24) is 4.90 Å². The Kier molecular flexibility index (Phi) is 5.36. The minimum atomic E-state index is 0.0616. The molecule has 0 bridgehead atoms. The van der Waals surface area contributed by atoms with Gasteiger partial charge in [-0.05, 0) is 55.2 Å². The molecule has 1 heterocycles. The van der Waals surface area contributed by atoms with Crippen LogP contribution in [0.25, 0.3) is 0 Å². The van der Waals surface area contributed by atoms with Gasteiger partial charge in [-0.15, -0.1) is 0 Å². The van der Waals surface area contributed by atoms with Gasteiger partial charge in [-0.25, -0.2) is 0 Å². The van der Waals surface area contributed by atoms with Crippen LogP contribution in [0.4, 0.5) is 0 Å². The van der Waals surface area contributed by atoms with E-state index in [0.29, 0.717) is 11.7 Å². The second-order valence-electron chi connectivity index (χ2n) is 6.24. The van der Waals surface area contributed by atoms with Gasteiger partial charge in [0.25, 0.3) is 5.91 Å². The molecule has 4 heteroatoms. The molecule has 0 spiro atoms. The highest BCUT2D eigenvalue weighted by Gasteiger charge is 2.20. The van der Waals surface area contributed by atoms with Crippen LogP contribution in [0.1, 0.15) is 19.8 Å². The second-order valence-corrected chi connectivity index (χ2v) is 6.24. The number of hydrogen-bond donors (Lipinski definition) is 0. The lowest BCUT2D eigenvalue weighted by Gasteiger charge is -2.30. The van der Waals surface area contributed by atoms with Crippen molar-refractivity contribution in [3.8, 4) is 17.2 Å². The first-order valence-electron chi connectivity index (χ1n) is 8.44. The predicted octanol–water partition coefficient (Wildman–Crippen LogP) is 4.12. The maximum absolute atomic E-state index is 12.2. The summed E-state index contributed by atoms with van der Waals surface area (Å²) in [7, 11) is 0. The van der Waals surface area contributed by atoms with Crippen molar-refractivity contribution >= 4 is 5.91 Å². The van der Waals surface area contributed by atoms with Gasteiger partial charge in [0.2, 0.25) is 0 Å². The average Bonchev–Trinajstić information content (AvgIpc) is 2.62. The Morgan fingerprint density at radius 3 is 2.21 bits per heavy atom. The summed E-state index contributed by atoms with van der Waals surface area (Å²) in [6.45, 7) is 4.01. The van der Waals surface area contributed by atoms with Gasteiger partial charge in [-0.2, -0.15) is 0 Å². The van der Waals surface area contributed by atoms with Gasteiger partial charge >= 0.3 is 0 Å². The van der Waals surface area contributed by atoms with Crippen molar-refractivity contribution in [3.63, 3.8) is 0 Å². The fourth-order valence-corrected chi connectivity index (χ4v) is 2.72. The van der Waals surface area contributed by atoms with Crippen molar-refractivity contribution in [2.24, 2.45) is 5.92 Å². The van der Waals surface area contributed by atoms with Gasteiger partial charge in [-0.1, -0.05) is 25.1 Å². The van der Waals surface area contributed by atoms with Crippen LogP contribution in [-0.2, 0) is 4.79 Å². The number of carbonyl (C=O) groups is 1. The molecule has 0 aliphatic carbocycles. The maximum Gasteiger partial charge on any atom is 0.260 e. The standard InChI is InChI=1S/C20H23NO3/c1-16-11-13-21(14-12-16)20(22)15-23-17-7-9-19(10-8-17)24-18-5-3-2-4-6-18/h2-10,16H,11-15H2,1H3. The average molecular weight is 325 g/mol. The number of ether oxygens (including phenoxy) is 2. The highest BCUT2D eigenvalue weighted by molar-refractivity contribution is 5.77. The van der Waals surface area contributed by atoms with E-state index in [1.54, 1.807) is 0 Å². The van der Waals surface area contributed by atoms with Crippen molar-refractivity contribution in [1.29, 1.82) is 0 Å². The highest BCUT2D eigenvalue weighted by Crippen LogP contribution is 2.23. The number of amides is 1. The third-order valence-corrected chi connectivity index (χ3v) is 4.30. The fraction of sp³-hybridized carbons (Fsp3) is 0.350. The van der Waals surface area contributed by atoms with E-state index in [4.69, 9.17) is 9.47 Å². The number of nitrogens with zero attached hydrogens (tertiary/aromatic N) is 1. The second kappa shape index (κ2) is 7.86.